The number of halogens is 2. The van der Waals surface area contributed by atoms with Gasteiger partial charge in [-0.05, 0) is 25.3 Å². The summed E-state index contributed by atoms with van der Waals surface area (Å²) >= 11 is 12.2. The zero-order valence-corrected chi connectivity index (χ0v) is 13.2. The lowest BCUT2D eigenvalue weighted by Crippen LogP contribution is -2.53. The predicted octanol–water partition coefficient (Wildman–Crippen LogP) is 4.13. The van der Waals surface area contributed by atoms with E-state index in [9.17, 15) is 10.5 Å². The minimum absolute atomic E-state index is 0.187. The van der Waals surface area contributed by atoms with Crippen molar-refractivity contribution in [1.82, 2.24) is 0 Å². The Balaban J connectivity index is 3.11. The Morgan fingerprint density at radius 3 is 2.06 bits per heavy atom. The van der Waals surface area contributed by atoms with Crippen LogP contribution in [0.25, 0.3) is 0 Å². The first kappa shape index (κ1) is 15.8. The Morgan fingerprint density at radius 1 is 1.22 bits per heavy atom. The van der Waals surface area contributed by atoms with Crippen molar-refractivity contribution in [2.45, 2.75) is 61.2 Å². The van der Waals surface area contributed by atoms with Gasteiger partial charge in [-0.1, -0.05) is 25.4 Å². The second kappa shape index (κ2) is 6.77. The van der Waals surface area contributed by atoms with E-state index in [1.54, 1.807) is 0 Å². The van der Waals surface area contributed by atoms with Crippen LogP contribution in [0.15, 0.2) is 0 Å². The highest BCUT2D eigenvalue weighted by atomic mass is 35.5. The molecule has 4 unspecified atom stereocenters. The number of nitrogens with zero attached hydrogens (tertiary/aromatic N) is 2. The van der Waals surface area contributed by atoms with Crippen molar-refractivity contribution in [3.05, 3.63) is 0 Å². The lowest BCUT2D eigenvalue weighted by molar-refractivity contribution is 0.222. The monoisotopic (exact) mass is 304 g/mol. The van der Waals surface area contributed by atoms with Crippen molar-refractivity contribution in [3.63, 3.8) is 0 Å². The number of hydrogen-bond acceptors (Lipinski definition) is 3. The molecule has 4 atom stereocenters. The van der Waals surface area contributed by atoms with E-state index in [1.807, 2.05) is 13.8 Å². The Morgan fingerprint density at radius 2 is 1.72 bits per heavy atom. The summed E-state index contributed by atoms with van der Waals surface area (Å²) in [7, 11) is -2.49. The minimum Gasteiger partial charge on any atom is -0.397 e. The zero-order chi connectivity index (χ0) is 13.8. The molecule has 0 aromatic carbocycles. The topological polar surface area (TPSA) is 56.8 Å². The second-order valence-electron chi connectivity index (χ2n) is 4.66. The Hall–Kier alpha value is -0.263. The van der Waals surface area contributed by atoms with E-state index < -0.39 is 13.9 Å². The Bertz CT molecular complexity index is 344. The van der Waals surface area contributed by atoms with Crippen LogP contribution in [-0.2, 0) is 4.43 Å². The highest BCUT2D eigenvalue weighted by molar-refractivity contribution is 6.78. The molecule has 1 saturated heterocycles. The summed E-state index contributed by atoms with van der Waals surface area (Å²) in [5.74, 6) is 0. The summed E-state index contributed by atoms with van der Waals surface area (Å²) in [4.78, 5) is 0. The summed E-state index contributed by atoms with van der Waals surface area (Å²) in [6, 6.07) is 5.41. The molecule has 0 bridgehead atoms. The molecule has 1 aliphatic heterocycles. The molecule has 1 fully saturated rings. The molecule has 0 aromatic heterocycles. The SMILES string of the molecule is CCC(C#N)[Si]1(C(C#N)CC)CCC(Cl)C(Cl)O1. The van der Waals surface area contributed by atoms with Crippen LogP contribution in [0.5, 0.6) is 0 Å². The standard InChI is InChI=1S/C12H18Cl2N2OSi/c1-3-9(7-15)18(10(4-2)8-16)6-5-11(13)12(14)17-18/h9-12H,3-6H2,1-2H3. The van der Waals surface area contributed by atoms with Crippen LogP contribution in [0.3, 0.4) is 0 Å². The molecule has 0 saturated carbocycles. The highest BCUT2D eigenvalue weighted by Gasteiger charge is 2.53. The van der Waals surface area contributed by atoms with E-state index in [0.29, 0.717) is 12.8 Å². The van der Waals surface area contributed by atoms with E-state index in [4.69, 9.17) is 27.6 Å². The molecule has 0 aromatic rings. The summed E-state index contributed by atoms with van der Waals surface area (Å²) in [5, 5.41) is 18.5. The van der Waals surface area contributed by atoms with E-state index in [-0.39, 0.29) is 16.5 Å². The molecule has 3 nitrogen and oxygen atoms in total. The van der Waals surface area contributed by atoms with Gasteiger partial charge in [-0.15, -0.1) is 11.6 Å². The maximum absolute atomic E-state index is 9.35. The smallest absolute Gasteiger partial charge is 0.228 e. The van der Waals surface area contributed by atoms with Crippen molar-refractivity contribution >= 4 is 31.5 Å². The van der Waals surface area contributed by atoms with Crippen molar-refractivity contribution in [2.75, 3.05) is 0 Å². The molecule has 1 aliphatic rings. The lowest BCUT2D eigenvalue weighted by Gasteiger charge is -2.44. The molecule has 0 amide bonds. The fourth-order valence-electron chi connectivity index (χ4n) is 2.68. The molecule has 1 rings (SSSR count). The van der Waals surface area contributed by atoms with Gasteiger partial charge in [0.05, 0.1) is 28.6 Å². The molecule has 0 radical (unpaired) electrons. The largest absolute Gasteiger partial charge is 0.397 e. The average molecular weight is 305 g/mol. The summed E-state index contributed by atoms with van der Waals surface area (Å²) < 4.78 is 6.00. The van der Waals surface area contributed by atoms with E-state index in [0.717, 1.165) is 12.5 Å². The van der Waals surface area contributed by atoms with Gasteiger partial charge in [0.1, 0.15) is 5.56 Å². The van der Waals surface area contributed by atoms with Gasteiger partial charge < -0.3 is 4.43 Å². The van der Waals surface area contributed by atoms with Crippen LogP contribution in [0.4, 0.5) is 0 Å². The molecule has 0 spiro atoms. The molecule has 100 valence electrons. The summed E-state index contributed by atoms with van der Waals surface area (Å²) in [6.07, 6.45) is 2.15. The van der Waals surface area contributed by atoms with Gasteiger partial charge in [-0.3, -0.25) is 0 Å². The van der Waals surface area contributed by atoms with Crippen molar-refractivity contribution in [3.8, 4) is 12.1 Å². The van der Waals surface area contributed by atoms with Gasteiger partial charge in [0, 0.05) is 0 Å². The summed E-state index contributed by atoms with van der Waals surface area (Å²) in [5.41, 5.74) is -0.947. The third-order valence-corrected chi connectivity index (χ3v) is 10.1. The number of rotatable bonds is 4. The van der Waals surface area contributed by atoms with Crippen LogP contribution in [0, 0.1) is 22.7 Å². The molecule has 18 heavy (non-hydrogen) atoms. The van der Waals surface area contributed by atoms with Gasteiger partial charge in [0.15, 0.2) is 0 Å². The predicted molar refractivity (Wildman–Crippen MR) is 74.9 cm³/mol. The van der Waals surface area contributed by atoms with E-state index in [2.05, 4.69) is 12.1 Å². The number of nitriles is 2. The van der Waals surface area contributed by atoms with Gasteiger partial charge >= 0.3 is 0 Å². The van der Waals surface area contributed by atoms with Crippen LogP contribution in [0.2, 0.25) is 17.1 Å². The number of hydrogen-bond donors (Lipinski definition) is 0. The maximum Gasteiger partial charge on any atom is 0.228 e. The zero-order valence-electron chi connectivity index (χ0n) is 10.7. The van der Waals surface area contributed by atoms with Gasteiger partial charge in [-0.25, -0.2) is 0 Å². The first-order valence-corrected chi connectivity index (χ1v) is 9.45. The van der Waals surface area contributed by atoms with Gasteiger partial charge in [-0.2, -0.15) is 10.5 Å². The van der Waals surface area contributed by atoms with Crippen LogP contribution in [0.1, 0.15) is 33.1 Å². The van der Waals surface area contributed by atoms with Crippen LogP contribution < -0.4 is 0 Å². The van der Waals surface area contributed by atoms with Crippen molar-refractivity contribution < 1.29 is 4.43 Å². The van der Waals surface area contributed by atoms with Crippen molar-refractivity contribution in [2.24, 2.45) is 0 Å². The molecule has 6 heteroatoms. The third-order valence-electron chi connectivity index (χ3n) is 3.74. The number of alkyl halides is 2. The fourth-order valence-corrected chi connectivity index (χ4v) is 8.53. The Kier molecular flexibility index (Phi) is 5.94. The molecule has 0 N–H and O–H groups in total. The van der Waals surface area contributed by atoms with Crippen molar-refractivity contribution in [1.29, 1.82) is 10.5 Å². The van der Waals surface area contributed by atoms with Gasteiger partial charge in [0.25, 0.3) is 0 Å². The minimum atomic E-state index is -2.49. The highest BCUT2D eigenvalue weighted by Crippen LogP contribution is 2.47. The van der Waals surface area contributed by atoms with Crippen LogP contribution >= 0.6 is 23.2 Å². The molecular formula is C12H18Cl2N2OSi. The summed E-state index contributed by atoms with van der Waals surface area (Å²) in [6.45, 7) is 3.93. The normalized spacial score (nSPS) is 35.2. The van der Waals surface area contributed by atoms with E-state index >= 15 is 0 Å². The third kappa shape index (κ3) is 2.83. The average Bonchev–Trinajstić information content (AvgIpc) is 2.37. The quantitative estimate of drug-likeness (QED) is 0.579. The maximum atomic E-state index is 9.35. The van der Waals surface area contributed by atoms with Crippen LogP contribution in [-0.4, -0.2) is 19.3 Å². The fraction of sp³-hybridized carbons (Fsp3) is 0.833. The molecular weight excluding hydrogens is 287 g/mol. The Labute approximate surface area is 120 Å². The molecule has 0 aliphatic carbocycles. The first-order valence-electron chi connectivity index (χ1n) is 6.30. The molecule has 1 heterocycles. The van der Waals surface area contributed by atoms with Gasteiger partial charge in [0.2, 0.25) is 8.32 Å². The lowest BCUT2D eigenvalue weighted by atomic mass is 10.3. The first-order chi connectivity index (χ1) is 8.55. The second-order valence-corrected chi connectivity index (χ2v) is 9.69. The van der Waals surface area contributed by atoms with E-state index in [1.165, 1.54) is 0 Å².